The SMILES string of the molecule is CC(C)(C)c1ccc2c(c1)c1cc(C(C)(C)C)ccc1n2-c1cc(-n2c3ccccc3c3ccccc32)nc(-c2cc([Si](c3ccccc3)(c3ccccc3)c3ccccc3)cc([Si](c3ccccc3)(c3ccccc3)c3ccccc3)c2)n1. The van der Waals surface area contributed by atoms with E-state index in [2.05, 4.69) is 342 Å². The van der Waals surface area contributed by atoms with Gasteiger partial charge in [0.2, 0.25) is 0 Å². The molecule has 0 N–H and O–H groups in total. The lowest BCUT2D eigenvalue weighted by atomic mass is 9.85. The van der Waals surface area contributed by atoms with Gasteiger partial charge >= 0.3 is 0 Å². The molecule has 84 heavy (non-hydrogen) atoms. The molecule has 0 radical (unpaired) electrons. The van der Waals surface area contributed by atoms with Gasteiger partial charge in [-0.25, -0.2) is 9.97 Å². The van der Waals surface area contributed by atoms with E-state index < -0.39 is 16.1 Å². The minimum atomic E-state index is -3.24. The third-order valence-corrected chi connectivity index (χ3v) is 27.0. The first-order valence-corrected chi connectivity index (χ1v) is 33.4. The van der Waals surface area contributed by atoms with Crippen LogP contribution in [0.15, 0.2) is 291 Å². The van der Waals surface area contributed by atoms with E-state index in [0.29, 0.717) is 5.82 Å². The largest absolute Gasteiger partial charge is 0.294 e. The van der Waals surface area contributed by atoms with Gasteiger partial charge in [0.05, 0.1) is 22.1 Å². The van der Waals surface area contributed by atoms with E-state index in [-0.39, 0.29) is 10.8 Å². The maximum Gasteiger partial charge on any atom is 0.179 e. The number of para-hydroxylation sites is 2. The maximum atomic E-state index is 6.01. The molecule has 6 heteroatoms. The van der Waals surface area contributed by atoms with Crippen LogP contribution in [0.2, 0.25) is 0 Å². The van der Waals surface area contributed by atoms with Gasteiger partial charge in [-0.1, -0.05) is 290 Å². The number of hydrogen-bond acceptors (Lipinski definition) is 2. The average molecular weight is 1120 g/mol. The lowest BCUT2D eigenvalue weighted by molar-refractivity contribution is 0.590. The van der Waals surface area contributed by atoms with Crippen LogP contribution in [0.5, 0.6) is 0 Å². The van der Waals surface area contributed by atoms with E-state index in [4.69, 9.17) is 9.97 Å². The lowest BCUT2D eigenvalue weighted by Gasteiger charge is -2.38. The first kappa shape index (κ1) is 52.6. The highest BCUT2D eigenvalue weighted by Crippen LogP contribution is 2.39. The Kier molecular flexibility index (Phi) is 13.0. The molecule has 11 aromatic carbocycles. The van der Waals surface area contributed by atoms with E-state index in [0.717, 1.165) is 39.3 Å². The zero-order valence-corrected chi connectivity index (χ0v) is 50.5. The first-order valence-electron chi connectivity index (χ1n) is 29.4. The summed E-state index contributed by atoms with van der Waals surface area (Å²) in [6.45, 7) is 13.8. The predicted octanol–water partition coefficient (Wildman–Crippen LogP) is 13.7. The van der Waals surface area contributed by atoms with Crippen LogP contribution in [0.4, 0.5) is 0 Å². The van der Waals surface area contributed by atoms with E-state index in [1.54, 1.807) is 0 Å². The van der Waals surface area contributed by atoms with Crippen molar-refractivity contribution in [3.05, 3.63) is 302 Å². The Labute approximate surface area is 495 Å². The highest BCUT2D eigenvalue weighted by molar-refractivity contribution is 7.22. The molecule has 0 bridgehead atoms. The van der Waals surface area contributed by atoms with Crippen molar-refractivity contribution < 1.29 is 0 Å². The second-order valence-electron chi connectivity index (χ2n) is 24.6. The van der Waals surface area contributed by atoms with Crippen LogP contribution in [-0.4, -0.2) is 35.2 Å². The van der Waals surface area contributed by atoms with Crippen molar-refractivity contribution in [2.75, 3.05) is 0 Å². The van der Waals surface area contributed by atoms with Crippen LogP contribution in [0.1, 0.15) is 52.7 Å². The maximum absolute atomic E-state index is 6.01. The highest BCUT2D eigenvalue weighted by Gasteiger charge is 2.46. The standard InChI is InChI=1S/C78H66N4Si2/c1-77(2,3)56-45-47-72-68(51-56)69-52-57(78(4,5)6)46-48-73(69)82(72)75-54-74(81-70-43-27-25-41-66(70)67-42-26-28-44-71(67)81)79-76(80-75)55-49-64(83(58-29-13-7-14-30-58,59-31-15-8-16-32-59)60-33-17-9-18-34-60)53-65(50-55)84(61-35-19-10-20-36-61,62-37-21-11-22-38-62)63-39-23-12-24-40-63/h7-54H,1-6H3. The Hall–Kier alpha value is -9.47. The monoisotopic (exact) mass is 1110 g/mol. The fraction of sp³-hybridized carbons (Fsp3) is 0.103. The van der Waals surface area contributed by atoms with Crippen LogP contribution in [-0.2, 0) is 10.8 Å². The smallest absolute Gasteiger partial charge is 0.179 e. The van der Waals surface area contributed by atoms with Crippen molar-refractivity contribution in [2.45, 2.75) is 52.4 Å². The molecule has 0 spiro atoms. The van der Waals surface area contributed by atoms with Crippen LogP contribution >= 0.6 is 0 Å². The van der Waals surface area contributed by atoms with Gasteiger partial charge in [-0.3, -0.25) is 9.13 Å². The molecule has 0 fully saturated rings. The number of rotatable bonds is 11. The molecule has 14 aromatic rings. The van der Waals surface area contributed by atoms with Crippen molar-refractivity contribution in [1.29, 1.82) is 0 Å². The van der Waals surface area contributed by atoms with Gasteiger partial charge in [0.25, 0.3) is 0 Å². The molecule has 0 aliphatic heterocycles. The first-order chi connectivity index (χ1) is 40.9. The average Bonchev–Trinajstić information content (AvgIpc) is 1.27. The van der Waals surface area contributed by atoms with Crippen LogP contribution in [0.25, 0.3) is 66.6 Å². The summed E-state index contributed by atoms with van der Waals surface area (Å²) in [7, 11) is -6.48. The Balaban J connectivity index is 1.18. The Morgan fingerprint density at radius 1 is 0.262 bits per heavy atom. The van der Waals surface area contributed by atoms with E-state index in [1.807, 2.05) is 0 Å². The quantitative estimate of drug-likeness (QED) is 0.0956. The fourth-order valence-electron chi connectivity index (χ4n) is 13.5. The van der Waals surface area contributed by atoms with Gasteiger partial charge in [-0.15, -0.1) is 0 Å². The van der Waals surface area contributed by atoms with Crippen LogP contribution < -0.4 is 41.5 Å². The molecule has 0 amide bonds. The number of fused-ring (bicyclic) bond motifs is 6. The Morgan fingerprint density at radius 3 is 0.857 bits per heavy atom. The normalized spacial score (nSPS) is 12.4. The molecule has 0 saturated heterocycles. The number of benzene rings is 11. The summed E-state index contributed by atoms with van der Waals surface area (Å²) in [5.41, 5.74) is 7.79. The minimum absolute atomic E-state index is 0.0612. The third-order valence-electron chi connectivity index (χ3n) is 17.5. The van der Waals surface area contributed by atoms with Crippen LogP contribution in [0, 0.1) is 0 Å². The summed E-state index contributed by atoms with van der Waals surface area (Å²) in [6.07, 6.45) is 0. The van der Waals surface area contributed by atoms with Crippen LogP contribution in [0.3, 0.4) is 0 Å². The Morgan fingerprint density at radius 2 is 0.548 bits per heavy atom. The second kappa shape index (κ2) is 20.8. The summed E-state index contributed by atoms with van der Waals surface area (Å²) < 4.78 is 4.77. The third kappa shape index (κ3) is 8.70. The molecule has 14 rings (SSSR count). The van der Waals surface area contributed by atoms with Crippen molar-refractivity contribution in [3.63, 3.8) is 0 Å². The summed E-state index contributed by atoms with van der Waals surface area (Å²) in [6, 6.07) is 109. The van der Waals surface area contributed by atoms with E-state index in [1.165, 1.54) is 74.2 Å². The zero-order chi connectivity index (χ0) is 57.2. The molecule has 0 saturated carbocycles. The number of hydrogen-bond donors (Lipinski definition) is 0. The summed E-state index contributed by atoms with van der Waals surface area (Å²) in [5.74, 6) is 2.24. The second-order valence-corrected chi connectivity index (χ2v) is 32.2. The molecule has 406 valence electrons. The molecule has 0 unspecified atom stereocenters. The molecule has 0 aliphatic rings. The van der Waals surface area contributed by atoms with Crippen molar-refractivity contribution in [3.8, 4) is 23.0 Å². The van der Waals surface area contributed by atoms with Crippen molar-refractivity contribution >= 4 is 101 Å². The zero-order valence-electron chi connectivity index (χ0n) is 48.5. The fourth-order valence-corrected chi connectivity index (χ4v) is 23.3. The lowest BCUT2D eigenvalue weighted by Crippen LogP contribution is -2.78. The molecule has 0 aliphatic carbocycles. The molecule has 4 nitrogen and oxygen atoms in total. The Bertz CT molecular complexity index is 4250. The summed E-state index contributed by atoms with van der Waals surface area (Å²) in [5, 5.41) is 15.1. The molecular weight excluding hydrogens is 1050 g/mol. The predicted molar refractivity (Wildman–Crippen MR) is 361 cm³/mol. The summed E-state index contributed by atoms with van der Waals surface area (Å²) >= 11 is 0. The van der Waals surface area contributed by atoms with E-state index >= 15 is 0 Å². The van der Waals surface area contributed by atoms with Gasteiger partial charge in [0.15, 0.2) is 22.0 Å². The van der Waals surface area contributed by atoms with Crippen molar-refractivity contribution in [2.24, 2.45) is 0 Å². The van der Waals surface area contributed by atoms with Crippen molar-refractivity contribution in [1.82, 2.24) is 19.1 Å². The van der Waals surface area contributed by atoms with Gasteiger partial charge in [-0.05, 0) is 99.8 Å². The van der Waals surface area contributed by atoms with Gasteiger partial charge in [0, 0.05) is 33.2 Å². The molecule has 3 aromatic heterocycles. The molecule has 0 atom stereocenters. The van der Waals surface area contributed by atoms with Gasteiger partial charge < -0.3 is 0 Å². The summed E-state index contributed by atoms with van der Waals surface area (Å²) in [4.78, 5) is 12.0. The highest BCUT2D eigenvalue weighted by atomic mass is 28.3. The van der Waals surface area contributed by atoms with Gasteiger partial charge in [0.1, 0.15) is 11.6 Å². The van der Waals surface area contributed by atoms with Gasteiger partial charge in [-0.2, -0.15) is 0 Å². The number of nitrogens with zero attached hydrogens (tertiary/aromatic N) is 4. The molecular formula is C78H66N4Si2. The molecule has 3 heterocycles. The number of aromatic nitrogens is 4. The minimum Gasteiger partial charge on any atom is -0.294 e. The van der Waals surface area contributed by atoms with E-state index in [9.17, 15) is 0 Å². The topological polar surface area (TPSA) is 35.6 Å².